The molecule has 5 nitrogen and oxygen atoms in total. The van der Waals surface area contributed by atoms with E-state index in [2.05, 4.69) is 5.10 Å². The monoisotopic (exact) mass is 308 g/mol. The molecule has 0 spiro atoms. The molecule has 0 aliphatic heterocycles. The van der Waals surface area contributed by atoms with Gasteiger partial charge in [0.25, 0.3) is 0 Å². The van der Waals surface area contributed by atoms with Crippen LogP contribution in [0.5, 0.6) is 5.88 Å². The highest BCUT2D eigenvalue weighted by atomic mass is 16.5. The average Bonchev–Trinajstić information content (AvgIpc) is 2.99. The number of ether oxygens (including phenoxy) is 1. The topological polar surface area (TPSA) is 64.3 Å². The maximum atomic E-state index is 10.7. The van der Waals surface area contributed by atoms with E-state index in [0.717, 1.165) is 16.9 Å². The number of para-hydroxylation sites is 1. The van der Waals surface area contributed by atoms with Gasteiger partial charge in [-0.2, -0.15) is 0 Å². The van der Waals surface area contributed by atoms with Gasteiger partial charge >= 0.3 is 5.97 Å². The fraction of sp³-hybridized carbons (Fsp3) is 0.111. The van der Waals surface area contributed by atoms with Crippen molar-refractivity contribution in [3.63, 3.8) is 0 Å². The van der Waals surface area contributed by atoms with Crippen molar-refractivity contribution < 1.29 is 14.6 Å². The number of carboxylic acid groups (broad SMARTS) is 1. The molecule has 0 atom stereocenters. The largest absolute Gasteiger partial charge is 0.479 e. The summed E-state index contributed by atoms with van der Waals surface area (Å²) in [6.45, 7) is 1.61. The molecular weight excluding hydrogens is 292 g/mol. The number of benzene rings is 2. The van der Waals surface area contributed by atoms with E-state index in [1.807, 2.05) is 61.5 Å². The van der Waals surface area contributed by atoms with Crippen molar-refractivity contribution in [2.24, 2.45) is 0 Å². The highest BCUT2D eigenvalue weighted by Gasteiger charge is 2.13. The fourth-order valence-corrected chi connectivity index (χ4v) is 2.26. The number of aromatic nitrogens is 2. The van der Waals surface area contributed by atoms with Crippen molar-refractivity contribution in [1.82, 2.24) is 9.78 Å². The average molecular weight is 308 g/mol. The lowest BCUT2D eigenvalue weighted by atomic mass is 10.1. The first-order chi connectivity index (χ1) is 11.1. The summed E-state index contributed by atoms with van der Waals surface area (Å²) >= 11 is 0. The van der Waals surface area contributed by atoms with Crippen LogP contribution in [0.1, 0.15) is 5.56 Å². The number of aliphatic carboxylic acids is 1. The summed E-state index contributed by atoms with van der Waals surface area (Å²) in [5, 5.41) is 13.1. The minimum atomic E-state index is -1.03. The van der Waals surface area contributed by atoms with Crippen LogP contribution in [-0.2, 0) is 4.79 Å². The second kappa shape index (κ2) is 6.36. The van der Waals surface area contributed by atoms with Crippen LogP contribution in [0, 0.1) is 6.92 Å². The Morgan fingerprint density at radius 2 is 1.83 bits per heavy atom. The lowest BCUT2D eigenvalue weighted by Gasteiger charge is -2.07. The minimum Gasteiger partial charge on any atom is -0.479 e. The summed E-state index contributed by atoms with van der Waals surface area (Å²) in [7, 11) is 0. The Morgan fingerprint density at radius 1 is 1.13 bits per heavy atom. The van der Waals surface area contributed by atoms with Gasteiger partial charge in [0.15, 0.2) is 6.61 Å². The zero-order valence-corrected chi connectivity index (χ0v) is 12.6. The van der Waals surface area contributed by atoms with Gasteiger partial charge in [-0.25, -0.2) is 9.48 Å². The van der Waals surface area contributed by atoms with E-state index in [1.54, 1.807) is 10.7 Å². The Balaban J connectivity index is 2.05. The van der Waals surface area contributed by atoms with Crippen molar-refractivity contribution in [3.05, 3.63) is 66.2 Å². The van der Waals surface area contributed by atoms with Crippen molar-refractivity contribution in [3.8, 4) is 22.8 Å². The maximum absolute atomic E-state index is 10.7. The number of carboxylic acids is 1. The normalized spacial score (nSPS) is 10.5. The van der Waals surface area contributed by atoms with E-state index in [-0.39, 0.29) is 5.88 Å². The van der Waals surface area contributed by atoms with Crippen LogP contribution in [0.4, 0.5) is 0 Å². The van der Waals surface area contributed by atoms with Gasteiger partial charge in [-0.1, -0.05) is 48.0 Å². The predicted octanol–water partition coefficient (Wildman–Crippen LogP) is 3.31. The van der Waals surface area contributed by atoms with Gasteiger partial charge in [0, 0.05) is 11.6 Å². The number of rotatable bonds is 5. The van der Waals surface area contributed by atoms with Crippen LogP contribution in [0.15, 0.2) is 60.7 Å². The third-order valence-corrected chi connectivity index (χ3v) is 3.38. The summed E-state index contributed by atoms with van der Waals surface area (Å²) in [6.07, 6.45) is 0. The molecule has 0 amide bonds. The van der Waals surface area contributed by atoms with Crippen molar-refractivity contribution >= 4 is 5.97 Å². The molecule has 0 aliphatic rings. The third kappa shape index (κ3) is 3.40. The van der Waals surface area contributed by atoms with Gasteiger partial charge in [-0.3, -0.25) is 0 Å². The molecule has 2 aromatic carbocycles. The van der Waals surface area contributed by atoms with Crippen LogP contribution in [0.2, 0.25) is 0 Å². The van der Waals surface area contributed by atoms with Crippen molar-refractivity contribution in [2.45, 2.75) is 6.92 Å². The summed E-state index contributed by atoms with van der Waals surface area (Å²) < 4.78 is 6.98. The van der Waals surface area contributed by atoms with E-state index in [4.69, 9.17) is 9.84 Å². The van der Waals surface area contributed by atoms with Gasteiger partial charge in [0.1, 0.15) is 0 Å². The molecule has 0 radical (unpaired) electrons. The molecular formula is C18H16N2O3. The first-order valence-corrected chi connectivity index (χ1v) is 7.20. The Bertz CT molecular complexity index is 808. The molecule has 0 bridgehead atoms. The number of carbonyl (C=O) groups is 1. The van der Waals surface area contributed by atoms with Gasteiger partial charge in [-0.05, 0) is 19.1 Å². The lowest BCUT2D eigenvalue weighted by molar-refractivity contribution is -0.139. The first kappa shape index (κ1) is 14.8. The predicted molar refractivity (Wildman–Crippen MR) is 86.9 cm³/mol. The second-order valence-corrected chi connectivity index (χ2v) is 5.16. The zero-order chi connectivity index (χ0) is 16.2. The third-order valence-electron chi connectivity index (χ3n) is 3.38. The lowest BCUT2D eigenvalue weighted by Crippen LogP contribution is -2.09. The molecule has 1 N–H and O–H groups in total. The number of hydrogen-bond donors (Lipinski definition) is 1. The fourth-order valence-electron chi connectivity index (χ4n) is 2.26. The van der Waals surface area contributed by atoms with Gasteiger partial charge in [0.05, 0.1) is 11.4 Å². The van der Waals surface area contributed by atoms with E-state index >= 15 is 0 Å². The molecule has 3 rings (SSSR count). The summed E-state index contributed by atoms with van der Waals surface area (Å²) in [4.78, 5) is 10.7. The molecule has 5 heteroatoms. The van der Waals surface area contributed by atoms with Gasteiger partial charge in [0.2, 0.25) is 5.88 Å². The van der Waals surface area contributed by atoms with Crippen LogP contribution in [0.25, 0.3) is 16.9 Å². The first-order valence-electron chi connectivity index (χ1n) is 7.20. The van der Waals surface area contributed by atoms with Crippen LogP contribution in [0.3, 0.4) is 0 Å². The quantitative estimate of drug-likeness (QED) is 0.785. The molecule has 1 heterocycles. The minimum absolute atomic E-state index is 0.284. The number of hydrogen-bond acceptors (Lipinski definition) is 3. The van der Waals surface area contributed by atoms with Gasteiger partial charge in [-0.15, -0.1) is 5.10 Å². The Hall–Kier alpha value is -3.08. The molecule has 1 aromatic heterocycles. The number of aryl methyl sites for hydroxylation is 1. The van der Waals surface area contributed by atoms with E-state index in [1.165, 1.54) is 5.56 Å². The zero-order valence-electron chi connectivity index (χ0n) is 12.6. The van der Waals surface area contributed by atoms with Crippen LogP contribution >= 0.6 is 0 Å². The summed E-state index contributed by atoms with van der Waals surface area (Å²) in [5.74, 6) is -0.747. The molecule has 0 unspecified atom stereocenters. The SMILES string of the molecule is Cc1ccc(-c2cc(OCC(=O)O)nn2-c2ccccc2)cc1. The van der Waals surface area contributed by atoms with Gasteiger partial charge < -0.3 is 9.84 Å². The molecule has 0 saturated heterocycles. The van der Waals surface area contributed by atoms with Crippen molar-refractivity contribution in [2.75, 3.05) is 6.61 Å². The standard InChI is InChI=1S/C18H16N2O3/c1-13-7-9-14(10-8-13)16-11-17(23-12-18(21)22)19-20(16)15-5-3-2-4-6-15/h2-11H,12H2,1H3,(H,21,22). The Morgan fingerprint density at radius 3 is 2.48 bits per heavy atom. The molecule has 116 valence electrons. The molecule has 0 aliphatic carbocycles. The highest BCUT2D eigenvalue weighted by Crippen LogP contribution is 2.27. The summed E-state index contributed by atoms with van der Waals surface area (Å²) in [5.41, 5.74) is 3.88. The number of nitrogens with zero attached hydrogens (tertiary/aromatic N) is 2. The molecule has 0 saturated carbocycles. The van der Waals surface area contributed by atoms with Crippen LogP contribution in [-0.4, -0.2) is 27.5 Å². The molecule has 3 aromatic rings. The van der Waals surface area contributed by atoms with Crippen LogP contribution < -0.4 is 4.74 Å². The highest BCUT2D eigenvalue weighted by molar-refractivity contribution is 5.69. The Kier molecular flexibility index (Phi) is 4.10. The van der Waals surface area contributed by atoms with E-state index < -0.39 is 12.6 Å². The molecule has 23 heavy (non-hydrogen) atoms. The molecule has 0 fully saturated rings. The van der Waals surface area contributed by atoms with E-state index in [9.17, 15) is 4.79 Å². The summed E-state index contributed by atoms with van der Waals surface area (Å²) in [6, 6.07) is 19.5. The second-order valence-electron chi connectivity index (χ2n) is 5.16. The van der Waals surface area contributed by atoms with E-state index in [0.29, 0.717) is 0 Å². The van der Waals surface area contributed by atoms with Crippen molar-refractivity contribution in [1.29, 1.82) is 0 Å². The Labute approximate surface area is 133 Å². The maximum Gasteiger partial charge on any atom is 0.341 e. The smallest absolute Gasteiger partial charge is 0.341 e.